The molecule has 0 unspecified atom stereocenters. The number of hydrogen-bond acceptors (Lipinski definition) is 4. The van der Waals surface area contributed by atoms with E-state index in [4.69, 9.17) is 0 Å². The first-order valence-electron chi connectivity index (χ1n) is 8.68. The van der Waals surface area contributed by atoms with Gasteiger partial charge in [-0.15, -0.1) is 24.0 Å². The number of aliphatic imine (C=N–C) groups is 1. The van der Waals surface area contributed by atoms with Crippen molar-refractivity contribution in [1.82, 2.24) is 20.4 Å². The number of hydrogen-bond donors (Lipinski definition) is 2. The molecule has 5 nitrogen and oxygen atoms in total. The Bertz CT molecular complexity index is 304. The molecule has 0 amide bonds. The summed E-state index contributed by atoms with van der Waals surface area (Å²) < 4.78 is 0. The van der Waals surface area contributed by atoms with Gasteiger partial charge in [-0.25, -0.2) is 0 Å². The molecule has 138 valence electrons. The second-order valence-electron chi connectivity index (χ2n) is 5.89. The number of nitrogens with zero attached hydrogens (tertiary/aromatic N) is 3. The Kier molecular flexibility index (Phi) is 16.0. The van der Waals surface area contributed by atoms with Crippen LogP contribution in [0.2, 0.25) is 0 Å². The van der Waals surface area contributed by atoms with Gasteiger partial charge in [0, 0.05) is 39.3 Å². The van der Waals surface area contributed by atoms with Crippen LogP contribution in [-0.2, 0) is 0 Å². The maximum atomic E-state index is 4.66. The molecular weight excluding hydrogens is 421 g/mol. The number of guanidine groups is 1. The van der Waals surface area contributed by atoms with Gasteiger partial charge in [0.05, 0.1) is 0 Å². The lowest BCUT2D eigenvalue weighted by molar-refractivity contribution is 0.280. The predicted octanol–water partition coefficient (Wildman–Crippen LogP) is 1.94. The average Bonchev–Trinajstić information content (AvgIpc) is 2.72. The average molecular weight is 457 g/mol. The maximum Gasteiger partial charge on any atom is 0.191 e. The molecule has 1 aliphatic heterocycles. The van der Waals surface area contributed by atoms with Crippen molar-refractivity contribution >= 4 is 41.7 Å². The Morgan fingerprint density at radius 2 is 1.96 bits per heavy atom. The fourth-order valence-corrected chi connectivity index (χ4v) is 3.04. The summed E-state index contributed by atoms with van der Waals surface area (Å²) in [5.74, 6) is 2.21. The van der Waals surface area contributed by atoms with E-state index in [9.17, 15) is 0 Å². The van der Waals surface area contributed by atoms with Gasteiger partial charge in [-0.3, -0.25) is 4.99 Å². The van der Waals surface area contributed by atoms with Crippen molar-refractivity contribution in [1.29, 1.82) is 0 Å². The zero-order valence-corrected chi connectivity index (χ0v) is 18.3. The molecule has 7 heteroatoms. The summed E-state index contributed by atoms with van der Waals surface area (Å²) in [7, 11) is 2.22. The second kappa shape index (κ2) is 15.8. The third-order valence-corrected chi connectivity index (χ3v) is 4.60. The highest BCUT2D eigenvalue weighted by Crippen LogP contribution is 2.00. The Balaban J connectivity index is 0.00000484. The fraction of sp³-hybridized carbons (Fsp3) is 0.938. The molecule has 0 aromatic carbocycles. The van der Waals surface area contributed by atoms with Crippen LogP contribution in [0.25, 0.3) is 0 Å². The minimum absolute atomic E-state index is 0. The summed E-state index contributed by atoms with van der Waals surface area (Å²) in [5.41, 5.74) is 0. The van der Waals surface area contributed by atoms with E-state index >= 15 is 0 Å². The van der Waals surface area contributed by atoms with Gasteiger partial charge in [0.15, 0.2) is 5.96 Å². The fourth-order valence-electron chi connectivity index (χ4n) is 2.55. The van der Waals surface area contributed by atoms with Crippen LogP contribution < -0.4 is 10.6 Å². The van der Waals surface area contributed by atoms with Gasteiger partial charge in [-0.05, 0) is 58.3 Å². The molecular formula is C16H36IN5S. The van der Waals surface area contributed by atoms with Crippen LogP contribution >= 0.6 is 35.7 Å². The minimum Gasteiger partial charge on any atom is -0.357 e. The van der Waals surface area contributed by atoms with Crippen LogP contribution in [0.4, 0.5) is 0 Å². The van der Waals surface area contributed by atoms with E-state index in [-0.39, 0.29) is 24.0 Å². The Morgan fingerprint density at radius 3 is 2.70 bits per heavy atom. The summed E-state index contributed by atoms with van der Waals surface area (Å²) in [6, 6.07) is 0. The van der Waals surface area contributed by atoms with E-state index in [0.717, 1.165) is 32.1 Å². The molecule has 0 aliphatic carbocycles. The van der Waals surface area contributed by atoms with Gasteiger partial charge < -0.3 is 20.4 Å². The van der Waals surface area contributed by atoms with Gasteiger partial charge in [0.1, 0.15) is 0 Å². The Morgan fingerprint density at radius 1 is 1.13 bits per heavy atom. The molecule has 0 saturated carbocycles. The molecule has 0 aromatic heterocycles. The molecule has 23 heavy (non-hydrogen) atoms. The molecule has 1 saturated heterocycles. The minimum atomic E-state index is 0. The highest BCUT2D eigenvalue weighted by Gasteiger charge is 2.11. The summed E-state index contributed by atoms with van der Waals surface area (Å²) in [5, 5.41) is 6.81. The van der Waals surface area contributed by atoms with E-state index in [1.165, 1.54) is 51.2 Å². The lowest BCUT2D eigenvalue weighted by Crippen LogP contribution is -2.42. The number of likely N-dealkylation sites (N-methyl/N-ethyl adjacent to an activating group) is 1. The predicted molar refractivity (Wildman–Crippen MR) is 116 cm³/mol. The van der Waals surface area contributed by atoms with Crippen molar-refractivity contribution in [2.24, 2.45) is 4.99 Å². The van der Waals surface area contributed by atoms with Gasteiger partial charge in [-0.1, -0.05) is 0 Å². The van der Waals surface area contributed by atoms with E-state index in [0.29, 0.717) is 0 Å². The van der Waals surface area contributed by atoms with E-state index in [2.05, 4.69) is 45.7 Å². The van der Waals surface area contributed by atoms with Crippen molar-refractivity contribution in [2.75, 3.05) is 71.4 Å². The standard InChI is InChI=1S/C16H35N5S.HI/c1-4-17-16(18-8-5-6-15-22-3)19-9-12-21-11-7-10-20(2)13-14-21;/h4-15H2,1-3H3,(H2,17,18,19);1H. The number of rotatable bonds is 9. The molecule has 0 bridgehead atoms. The largest absolute Gasteiger partial charge is 0.357 e. The highest BCUT2D eigenvalue weighted by molar-refractivity contribution is 14.0. The third kappa shape index (κ3) is 12.3. The van der Waals surface area contributed by atoms with E-state index in [1.807, 2.05) is 11.8 Å². The summed E-state index contributed by atoms with van der Waals surface area (Å²) in [4.78, 5) is 9.64. The van der Waals surface area contributed by atoms with Crippen LogP contribution in [0.3, 0.4) is 0 Å². The SMILES string of the molecule is CCNC(=NCCCCSC)NCCN1CCCN(C)CC1.I. The van der Waals surface area contributed by atoms with Gasteiger partial charge in [0.2, 0.25) is 0 Å². The van der Waals surface area contributed by atoms with Crippen molar-refractivity contribution in [3.8, 4) is 0 Å². The molecule has 1 rings (SSSR count). The Labute approximate surface area is 164 Å². The van der Waals surface area contributed by atoms with Crippen molar-refractivity contribution < 1.29 is 0 Å². The first-order chi connectivity index (χ1) is 10.8. The number of unbranched alkanes of at least 4 members (excludes halogenated alkanes) is 1. The number of nitrogens with one attached hydrogen (secondary N) is 2. The lowest BCUT2D eigenvalue weighted by atomic mass is 10.3. The zero-order chi connectivity index (χ0) is 16.0. The lowest BCUT2D eigenvalue weighted by Gasteiger charge is -2.21. The zero-order valence-electron chi connectivity index (χ0n) is 15.1. The monoisotopic (exact) mass is 457 g/mol. The maximum absolute atomic E-state index is 4.66. The molecule has 1 aliphatic rings. The topological polar surface area (TPSA) is 42.9 Å². The quantitative estimate of drug-likeness (QED) is 0.240. The molecule has 0 radical (unpaired) electrons. The van der Waals surface area contributed by atoms with Crippen LogP contribution in [0.5, 0.6) is 0 Å². The molecule has 0 atom stereocenters. The van der Waals surface area contributed by atoms with Crippen LogP contribution in [-0.4, -0.2) is 87.2 Å². The van der Waals surface area contributed by atoms with Crippen molar-refractivity contribution in [2.45, 2.75) is 26.2 Å². The molecule has 1 heterocycles. The summed E-state index contributed by atoms with van der Waals surface area (Å²) >= 11 is 1.91. The van der Waals surface area contributed by atoms with Gasteiger partial charge >= 0.3 is 0 Å². The number of thioether (sulfide) groups is 1. The molecule has 2 N–H and O–H groups in total. The second-order valence-corrected chi connectivity index (χ2v) is 6.87. The van der Waals surface area contributed by atoms with E-state index < -0.39 is 0 Å². The Hall–Kier alpha value is 0.270. The highest BCUT2D eigenvalue weighted by atomic mass is 127. The number of halogens is 1. The van der Waals surface area contributed by atoms with Crippen LogP contribution in [0.1, 0.15) is 26.2 Å². The van der Waals surface area contributed by atoms with Gasteiger partial charge in [0.25, 0.3) is 0 Å². The third-order valence-electron chi connectivity index (χ3n) is 3.90. The molecule has 0 aromatic rings. The van der Waals surface area contributed by atoms with E-state index in [1.54, 1.807) is 0 Å². The smallest absolute Gasteiger partial charge is 0.191 e. The van der Waals surface area contributed by atoms with Crippen LogP contribution in [0.15, 0.2) is 4.99 Å². The summed E-state index contributed by atoms with van der Waals surface area (Å²) in [6.07, 6.45) is 5.87. The normalized spacial score (nSPS) is 17.4. The molecule has 0 spiro atoms. The van der Waals surface area contributed by atoms with Gasteiger partial charge in [-0.2, -0.15) is 11.8 Å². The first kappa shape index (κ1) is 23.3. The van der Waals surface area contributed by atoms with Crippen LogP contribution in [0, 0.1) is 0 Å². The van der Waals surface area contributed by atoms with Crippen molar-refractivity contribution in [3.05, 3.63) is 0 Å². The first-order valence-corrected chi connectivity index (χ1v) is 10.1. The van der Waals surface area contributed by atoms with Crippen molar-refractivity contribution in [3.63, 3.8) is 0 Å². The molecule has 1 fully saturated rings. The summed E-state index contributed by atoms with van der Waals surface area (Å²) in [6.45, 7) is 10.8.